The summed E-state index contributed by atoms with van der Waals surface area (Å²) >= 11 is 3.23. The van der Waals surface area contributed by atoms with Crippen LogP contribution in [0.15, 0.2) is 23.2 Å². The average molecular weight is 650 g/mol. The lowest BCUT2D eigenvalue weighted by Gasteiger charge is -2.48. The highest BCUT2D eigenvalue weighted by molar-refractivity contribution is 9.11. The maximum absolute atomic E-state index is 13.3. The van der Waals surface area contributed by atoms with Gasteiger partial charge in [-0.2, -0.15) is 0 Å². The van der Waals surface area contributed by atoms with Crippen LogP contribution >= 0.6 is 15.9 Å². The van der Waals surface area contributed by atoms with Crippen LogP contribution in [0.5, 0.6) is 0 Å². The fraction of sp³-hybridized carbons (Fsp3) is 0.833. The van der Waals surface area contributed by atoms with Crippen LogP contribution in [0.4, 0.5) is 0 Å². The van der Waals surface area contributed by atoms with Gasteiger partial charge in [-0.3, -0.25) is 4.79 Å². The molecule has 12 atom stereocenters. The maximum Gasteiger partial charge on any atom is 0.311 e. The van der Waals surface area contributed by atoms with Gasteiger partial charge in [0.1, 0.15) is 23.9 Å². The Labute approximate surface area is 252 Å². The molecule has 3 rings (SSSR count). The van der Waals surface area contributed by atoms with Gasteiger partial charge in [0.25, 0.3) is 0 Å². The van der Waals surface area contributed by atoms with E-state index in [4.69, 9.17) is 28.4 Å². The Hall–Kier alpha value is -0.890. The lowest BCUT2D eigenvalue weighted by atomic mass is 9.81. The lowest BCUT2D eigenvalue weighted by molar-refractivity contribution is -0.346. The molecule has 11 heteroatoms. The van der Waals surface area contributed by atoms with E-state index in [1.54, 1.807) is 4.99 Å². The quantitative estimate of drug-likeness (QED) is 0.264. The molecule has 0 aromatic rings. The molecule has 1 unspecified atom stereocenters. The SMILES string of the molecule is CO[C@@H]1[C@@H](OC)[C@@H](O)[C@H](O[C@H]2C[C@@]3(O)CC(=O)O[C@@](C)(CC/C=C/C=C/Br)CC(O)[C@@H](C)CC[C@H](O3)[C@@H]2C)O[C@H]1C. The predicted molar refractivity (Wildman–Crippen MR) is 155 cm³/mol. The highest BCUT2D eigenvalue weighted by Gasteiger charge is 2.51. The van der Waals surface area contributed by atoms with Crippen molar-refractivity contribution in [3.63, 3.8) is 0 Å². The van der Waals surface area contributed by atoms with Crippen LogP contribution < -0.4 is 0 Å². The molecular weight excluding hydrogens is 600 g/mol. The molecule has 3 heterocycles. The lowest BCUT2D eigenvalue weighted by Crippen LogP contribution is -2.61. The van der Waals surface area contributed by atoms with E-state index in [0.717, 1.165) is 0 Å². The fourth-order valence-corrected chi connectivity index (χ4v) is 6.43. The number of allylic oxidation sites excluding steroid dienone is 3. The second-order valence-electron chi connectivity index (χ2n) is 12.2. The highest BCUT2D eigenvalue weighted by atomic mass is 79.9. The molecular formula is C30H49BrO10. The molecule has 0 spiro atoms. The summed E-state index contributed by atoms with van der Waals surface area (Å²) in [5.41, 5.74) is -0.927. The summed E-state index contributed by atoms with van der Waals surface area (Å²) in [4.78, 5) is 15.0. The molecule has 0 saturated carbocycles. The highest BCUT2D eigenvalue weighted by Crippen LogP contribution is 2.41. The van der Waals surface area contributed by atoms with Crippen LogP contribution in [0.25, 0.3) is 0 Å². The molecule has 0 aromatic carbocycles. The minimum Gasteiger partial charge on any atom is -0.459 e. The first-order valence-electron chi connectivity index (χ1n) is 14.6. The number of methoxy groups -OCH3 is 2. The van der Waals surface area contributed by atoms with E-state index in [0.29, 0.717) is 32.1 Å². The second kappa shape index (κ2) is 15.2. The van der Waals surface area contributed by atoms with E-state index in [9.17, 15) is 20.1 Å². The molecule has 3 saturated heterocycles. The normalized spacial score (nSPS) is 44.9. The Bertz CT molecular complexity index is 900. The largest absolute Gasteiger partial charge is 0.459 e. The van der Waals surface area contributed by atoms with Gasteiger partial charge in [-0.15, -0.1) is 0 Å². The summed E-state index contributed by atoms with van der Waals surface area (Å²) in [6.45, 7) is 7.57. The fourth-order valence-electron chi connectivity index (χ4n) is 6.25. The van der Waals surface area contributed by atoms with Crippen molar-refractivity contribution in [1.29, 1.82) is 0 Å². The van der Waals surface area contributed by atoms with Crippen LogP contribution in [0.3, 0.4) is 0 Å². The number of carbonyl (C=O) groups excluding carboxylic acids is 1. The van der Waals surface area contributed by atoms with E-state index in [1.165, 1.54) is 14.2 Å². The molecule has 10 nitrogen and oxygen atoms in total. The van der Waals surface area contributed by atoms with Gasteiger partial charge in [-0.05, 0) is 50.4 Å². The van der Waals surface area contributed by atoms with Crippen LogP contribution in [0, 0.1) is 11.8 Å². The Morgan fingerprint density at radius 2 is 1.78 bits per heavy atom. The summed E-state index contributed by atoms with van der Waals surface area (Å²) < 4.78 is 35.4. The number of hydrogen-bond acceptors (Lipinski definition) is 10. The number of ether oxygens (including phenoxy) is 6. The smallest absolute Gasteiger partial charge is 0.311 e. The Morgan fingerprint density at radius 1 is 1.07 bits per heavy atom. The molecule has 0 aliphatic carbocycles. The molecule has 41 heavy (non-hydrogen) atoms. The number of aliphatic hydroxyl groups excluding tert-OH is 2. The van der Waals surface area contributed by atoms with Crippen molar-refractivity contribution in [3.8, 4) is 0 Å². The van der Waals surface area contributed by atoms with Crippen LogP contribution in [-0.2, 0) is 33.2 Å². The number of aliphatic hydroxyl groups is 3. The zero-order valence-corrected chi connectivity index (χ0v) is 26.7. The number of cyclic esters (lactones) is 1. The Morgan fingerprint density at radius 3 is 2.44 bits per heavy atom. The van der Waals surface area contributed by atoms with Crippen molar-refractivity contribution in [1.82, 2.24) is 0 Å². The maximum atomic E-state index is 13.3. The first-order valence-corrected chi connectivity index (χ1v) is 15.5. The van der Waals surface area contributed by atoms with Gasteiger partial charge in [-0.25, -0.2) is 0 Å². The van der Waals surface area contributed by atoms with Crippen molar-refractivity contribution in [2.75, 3.05) is 14.2 Å². The molecule has 3 aliphatic heterocycles. The molecule has 3 fully saturated rings. The van der Waals surface area contributed by atoms with Gasteiger partial charge < -0.3 is 43.7 Å². The summed E-state index contributed by atoms with van der Waals surface area (Å²) in [5.74, 6) is -2.74. The van der Waals surface area contributed by atoms with E-state index < -0.39 is 72.8 Å². The zero-order chi connectivity index (χ0) is 30.4. The molecule has 0 amide bonds. The number of fused-ring (bicyclic) bond motifs is 2. The van der Waals surface area contributed by atoms with Crippen molar-refractivity contribution < 1.29 is 48.5 Å². The van der Waals surface area contributed by atoms with Crippen molar-refractivity contribution in [2.45, 2.75) is 133 Å². The zero-order valence-electron chi connectivity index (χ0n) is 25.1. The molecule has 0 aromatic heterocycles. The average Bonchev–Trinajstić information content (AvgIpc) is 2.90. The van der Waals surface area contributed by atoms with Crippen molar-refractivity contribution in [3.05, 3.63) is 23.2 Å². The first kappa shape index (κ1) is 34.6. The minimum absolute atomic E-state index is 0.0113. The van der Waals surface area contributed by atoms with Gasteiger partial charge in [0.05, 0.1) is 30.8 Å². The van der Waals surface area contributed by atoms with Gasteiger partial charge in [0.2, 0.25) is 0 Å². The molecule has 2 bridgehead atoms. The van der Waals surface area contributed by atoms with Gasteiger partial charge >= 0.3 is 5.97 Å². The van der Waals surface area contributed by atoms with E-state index in [-0.39, 0.29) is 18.3 Å². The monoisotopic (exact) mass is 648 g/mol. The molecule has 3 N–H and O–H groups in total. The topological polar surface area (TPSA) is 133 Å². The summed E-state index contributed by atoms with van der Waals surface area (Å²) in [6.07, 6.45) is 2.49. The van der Waals surface area contributed by atoms with Gasteiger partial charge in [0.15, 0.2) is 12.1 Å². The number of hydrogen-bond donors (Lipinski definition) is 3. The Balaban J connectivity index is 1.81. The number of carbonyl (C=O) groups is 1. The van der Waals surface area contributed by atoms with E-state index in [1.807, 2.05) is 45.9 Å². The standard InChI is InChI=1S/C30H49BrO10/c1-18-11-12-22-19(2)23(39-28-25(34)27(37-6)26(36-5)20(3)38-28)16-30(35,40-22)17-24(33)41-29(4,15-21(18)32)13-9-7-8-10-14-31/h7-8,10,14,18-23,25-28,32,34-35H,9,11-13,15-17H2,1-6H3/b8-7+,14-10+/t18-,19-,20-,21?,22-,23-,25+,26-,27-,28-,29-,30-/m0/s1. The van der Waals surface area contributed by atoms with Gasteiger partial charge in [-0.1, -0.05) is 48.0 Å². The van der Waals surface area contributed by atoms with Crippen molar-refractivity contribution in [2.24, 2.45) is 11.8 Å². The summed E-state index contributed by atoms with van der Waals surface area (Å²) in [6, 6.07) is 0. The van der Waals surface area contributed by atoms with Crippen LogP contribution in [-0.4, -0.2) is 95.9 Å². The van der Waals surface area contributed by atoms with Crippen molar-refractivity contribution >= 4 is 21.9 Å². The number of esters is 1. The van der Waals surface area contributed by atoms with E-state index >= 15 is 0 Å². The van der Waals surface area contributed by atoms with Crippen LogP contribution in [0.1, 0.15) is 72.6 Å². The third kappa shape index (κ3) is 9.06. The molecule has 0 radical (unpaired) electrons. The summed E-state index contributed by atoms with van der Waals surface area (Å²) in [7, 11) is 3.03. The number of rotatable bonds is 8. The number of halogens is 1. The summed E-state index contributed by atoms with van der Waals surface area (Å²) in [5, 5.41) is 33.7. The van der Waals surface area contributed by atoms with Crippen LogP contribution in [0.2, 0.25) is 0 Å². The third-order valence-electron chi connectivity index (χ3n) is 8.81. The third-order valence-corrected chi connectivity index (χ3v) is 9.12. The minimum atomic E-state index is -1.83. The second-order valence-corrected chi connectivity index (χ2v) is 12.7. The van der Waals surface area contributed by atoms with E-state index in [2.05, 4.69) is 15.9 Å². The van der Waals surface area contributed by atoms with Gasteiger partial charge in [0, 0.05) is 33.0 Å². The Kier molecular flexibility index (Phi) is 12.8. The predicted octanol–water partition coefficient (Wildman–Crippen LogP) is 3.74. The molecule has 3 aliphatic rings. The molecule has 236 valence electrons. The first-order chi connectivity index (χ1) is 19.3.